The summed E-state index contributed by atoms with van der Waals surface area (Å²) in [5.74, 6) is 0.589. The summed E-state index contributed by atoms with van der Waals surface area (Å²) < 4.78 is 36.9. The fourth-order valence-corrected chi connectivity index (χ4v) is 2.05. The van der Waals surface area contributed by atoms with Gasteiger partial charge in [-0.3, -0.25) is 0 Å². The summed E-state index contributed by atoms with van der Waals surface area (Å²) >= 11 is 1.45. The van der Waals surface area contributed by atoms with E-state index < -0.39 is 11.7 Å². The first kappa shape index (κ1) is 12.0. The Morgan fingerprint density at radius 2 is 1.88 bits per heavy atom. The minimum atomic E-state index is -4.27. The molecule has 2 aromatic rings. The van der Waals surface area contributed by atoms with Crippen LogP contribution in [0.5, 0.6) is 0 Å². The molecule has 0 aliphatic heterocycles. The molecule has 2 rings (SSSR count). The van der Waals surface area contributed by atoms with Crippen LogP contribution in [0.25, 0.3) is 0 Å². The number of nitrogens with one attached hydrogen (secondary N) is 1. The fraction of sp³-hybridized carbons (Fsp3) is 0.182. The Hall–Kier alpha value is -1.43. The molecular formula is C11H9F3N2S. The predicted octanol–water partition coefficient (Wildman–Crippen LogP) is 3.72. The second kappa shape index (κ2) is 4.83. The summed E-state index contributed by atoms with van der Waals surface area (Å²) in [7, 11) is 0. The molecule has 0 radical (unpaired) electrons. The predicted molar refractivity (Wildman–Crippen MR) is 59.6 cm³/mol. The van der Waals surface area contributed by atoms with E-state index in [0.717, 1.165) is 22.9 Å². The molecule has 0 fully saturated rings. The lowest BCUT2D eigenvalue weighted by molar-refractivity contribution is -0.137. The Morgan fingerprint density at radius 3 is 2.41 bits per heavy atom. The number of aromatic amines is 1. The van der Waals surface area contributed by atoms with Crippen molar-refractivity contribution in [1.29, 1.82) is 0 Å². The maximum atomic E-state index is 12.3. The van der Waals surface area contributed by atoms with Gasteiger partial charge in [-0.1, -0.05) is 23.9 Å². The second-order valence-corrected chi connectivity index (χ2v) is 4.34. The Balaban J connectivity index is 1.99. The van der Waals surface area contributed by atoms with E-state index in [2.05, 4.69) is 9.97 Å². The summed E-state index contributed by atoms with van der Waals surface area (Å²) in [4.78, 5) is 6.93. The molecule has 1 heterocycles. The zero-order valence-electron chi connectivity index (χ0n) is 8.66. The number of hydrogen-bond acceptors (Lipinski definition) is 2. The van der Waals surface area contributed by atoms with Crippen LogP contribution in [0.15, 0.2) is 41.8 Å². The van der Waals surface area contributed by atoms with Gasteiger partial charge in [0.1, 0.15) is 0 Å². The minimum Gasteiger partial charge on any atom is -0.340 e. The van der Waals surface area contributed by atoms with Crippen LogP contribution in [0, 0.1) is 0 Å². The van der Waals surface area contributed by atoms with Crippen LogP contribution in [0.4, 0.5) is 13.2 Å². The third-order valence-corrected chi connectivity index (χ3v) is 3.10. The van der Waals surface area contributed by atoms with Gasteiger partial charge in [-0.25, -0.2) is 4.98 Å². The van der Waals surface area contributed by atoms with Gasteiger partial charge in [-0.15, -0.1) is 0 Å². The SMILES string of the molecule is FC(F)(F)c1ccc(CSc2ncc[nH]2)cc1. The van der Waals surface area contributed by atoms with Crippen molar-refractivity contribution in [2.45, 2.75) is 17.1 Å². The highest BCUT2D eigenvalue weighted by molar-refractivity contribution is 7.98. The molecular weight excluding hydrogens is 249 g/mol. The largest absolute Gasteiger partial charge is 0.416 e. The molecule has 17 heavy (non-hydrogen) atoms. The molecule has 0 amide bonds. The Morgan fingerprint density at radius 1 is 1.18 bits per heavy atom. The highest BCUT2D eigenvalue weighted by atomic mass is 32.2. The molecule has 0 aliphatic carbocycles. The number of benzene rings is 1. The molecule has 1 aromatic heterocycles. The van der Waals surface area contributed by atoms with E-state index in [1.807, 2.05) is 0 Å². The van der Waals surface area contributed by atoms with Gasteiger partial charge in [-0.2, -0.15) is 13.2 Å². The summed E-state index contributed by atoms with van der Waals surface area (Å²) in [6.07, 6.45) is -0.934. The van der Waals surface area contributed by atoms with Crippen molar-refractivity contribution in [3.63, 3.8) is 0 Å². The zero-order valence-corrected chi connectivity index (χ0v) is 9.48. The van der Waals surface area contributed by atoms with E-state index in [-0.39, 0.29) is 0 Å². The number of aromatic nitrogens is 2. The van der Waals surface area contributed by atoms with Gasteiger partial charge in [0.15, 0.2) is 5.16 Å². The third-order valence-electron chi connectivity index (χ3n) is 2.13. The number of thioether (sulfide) groups is 1. The topological polar surface area (TPSA) is 28.7 Å². The molecule has 0 atom stereocenters. The molecule has 6 heteroatoms. The van der Waals surface area contributed by atoms with Crippen LogP contribution in [0.1, 0.15) is 11.1 Å². The first-order valence-electron chi connectivity index (χ1n) is 4.84. The first-order valence-corrected chi connectivity index (χ1v) is 5.82. The van der Waals surface area contributed by atoms with Crippen LogP contribution in [0.2, 0.25) is 0 Å². The first-order chi connectivity index (χ1) is 8.05. The van der Waals surface area contributed by atoms with Crippen molar-refractivity contribution in [2.24, 2.45) is 0 Å². The average molecular weight is 258 g/mol. The number of alkyl halides is 3. The van der Waals surface area contributed by atoms with Crippen molar-refractivity contribution in [2.75, 3.05) is 0 Å². The number of halogens is 3. The summed E-state index contributed by atoms with van der Waals surface area (Å²) in [6, 6.07) is 5.16. The van der Waals surface area contributed by atoms with Crippen LogP contribution in [0.3, 0.4) is 0 Å². The molecule has 1 N–H and O–H groups in total. The van der Waals surface area contributed by atoms with E-state index in [1.165, 1.54) is 23.9 Å². The monoisotopic (exact) mass is 258 g/mol. The van der Waals surface area contributed by atoms with Crippen molar-refractivity contribution >= 4 is 11.8 Å². The Labute approximate surface area is 100 Å². The van der Waals surface area contributed by atoms with Gasteiger partial charge in [0.25, 0.3) is 0 Å². The van der Waals surface area contributed by atoms with Gasteiger partial charge >= 0.3 is 6.18 Å². The van der Waals surface area contributed by atoms with Gasteiger partial charge in [0.05, 0.1) is 5.56 Å². The van der Waals surface area contributed by atoms with E-state index in [1.54, 1.807) is 12.4 Å². The van der Waals surface area contributed by atoms with Crippen LogP contribution < -0.4 is 0 Å². The van der Waals surface area contributed by atoms with E-state index in [4.69, 9.17) is 0 Å². The average Bonchev–Trinajstić information content (AvgIpc) is 2.78. The molecule has 0 aliphatic rings. The third kappa shape index (κ3) is 3.26. The Kier molecular flexibility index (Phi) is 3.42. The summed E-state index contributed by atoms with van der Waals surface area (Å²) in [5, 5.41) is 0.755. The number of H-pyrrole nitrogens is 1. The van der Waals surface area contributed by atoms with E-state index in [9.17, 15) is 13.2 Å². The second-order valence-electron chi connectivity index (χ2n) is 3.38. The number of hydrogen-bond donors (Lipinski definition) is 1. The number of nitrogens with zero attached hydrogens (tertiary/aromatic N) is 1. The van der Waals surface area contributed by atoms with Crippen LogP contribution in [-0.4, -0.2) is 9.97 Å². The molecule has 0 saturated heterocycles. The van der Waals surface area contributed by atoms with Crippen molar-refractivity contribution in [3.05, 3.63) is 47.8 Å². The number of imidazole rings is 1. The van der Waals surface area contributed by atoms with Gasteiger partial charge < -0.3 is 4.98 Å². The fourth-order valence-electron chi connectivity index (χ4n) is 1.27. The van der Waals surface area contributed by atoms with Crippen molar-refractivity contribution in [3.8, 4) is 0 Å². The molecule has 2 nitrogen and oxygen atoms in total. The normalized spacial score (nSPS) is 11.7. The minimum absolute atomic E-state index is 0.589. The van der Waals surface area contributed by atoms with E-state index >= 15 is 0 Å². The van der Waals surface area contributed by atoms with Crippen molar-refractivity contribution in [1.82, 2.24) is 9.97 Å². The summed E-state index contributed by atoms with van der Waals surface area (Å²) in [5.41, 5.74) is 0.212. The molecule has 1 aromatic carbocycles. The van der Waals surface area contributed by atoms with Gasteiger partial charge in [0, 0.05) is 18.1 Å². The van der Waals surface area contributed by atoms with Gasteiger partial charge in [-0.05, 0) is 17.7 Å². The lowest BCUT2D eigenvalue weighted by Crippen LogP contribution is -2.04. The zero-order chi connectivity index (χ0) is 12.3. The van der Waals surface area contributed by atoms with Crippen LogP contribution >= 0.6 is 11.8 Å². The lowest BCUT2D eigenvalue weighted by atomic mass is 10.1. The van der Waals surface area contributed by atoms with Gasteiger partial charge in [0.2, 0.25) is 0 Å². The summed E-state index contributed by atoms with van der Waals surface area (Å²) in [6.45, 7) is 0. The highest BCUT2D eigenvalue weighted by Gasteiger charge is 2.29. The quantitative estimate of drug-likeness (QED) is 0.850. The molecule has 90 valence electrons. The maximum Gasteiger partial charge on any atom is 0.416 e. The molecule has 0 unspecified atom stereocenters. The highest BCUT2D eigenvalue weighted by Crippen LogP contribution is 2.29. The molecule has 0 saturated carbocycles. The van der Waals surface area contributed by atoms with Crippen LogP contribution in [-0.2, 0) is 11.9 Å². The van der Waals surface area contributed by atoms with E-state index in [0.29, 0.717) is 5.75 Å². The molecule has 0 spiro atoms. The standard InChI is InChI=1S/C11H9F3N2S/c12-11(13,14)9-3-1-8(2-4-9)7-17-10-15-5-6-16-10/h1-6H,7H2,(H,15,16). The van der Waals surface area contributed by atoms with Crippen molar-refractivity contribution < 1.29 is 13.2 Å². The smallest absolute Gasteiger partial charge is 0.340 e. The lowest BCUT2D eigenvalue weighted by Gasteiger charge is -2.06. The Bertz CT molecular complexity index is 462. The number of rotatable bonds is 3. The molecule has 0 bridgehead atoms. The maximum absolute atomic E-state index is 12.3.